The third kappa shape index (κ3) is 5.64. The molecule has 0 aliphatic heterocycles. The van der Waals surface area contributed by atoms with Crippen molar-refractivity contribution in [3.8, 4) is 5.75 Å². The second kappa shape index (κ2) is 9.28. The minimum Gasteiger partial charge on any atom is -0.491 e. The van der Waals surface area contributed by atoms with E-state index in [0.717, 1.165) is 11.3 Å². The highest BCUT2D eigenvalue weighted by Gasteiger charge is 2.12. The molecule has 7 heteroatoms. The van der Waals surface area contributed by atoms with Crippen LogP contribution in [0.25, 0.3) is 0 Å². The molecule has 0 bridgehead atoms. The lowest BCUT2D eigenvalue weighted by Crippen LogP contribution is -2.26. The first-order valence-electron chi connectivity index (χ1n) is 8.00. The van der Waals surface area contributed by atoms with Crippen LogP contribution in [0, 0.1) is 0 Å². The molecular formula is C19H17Cl3N2O2. The summed E-state index contributed by atoms with van der Waals surface area (Å²) in [4.78, 5) is 4.06. The number of hydrogen-bond donors (Lipinski definition) is 0. The zero-order valence-electron chi connectivity index (χ0n) is 13.8. The standard InChI is InChI=1S/C19H17Cl3N2O2/c20-15-2-4-16(5-3-15)26-12-17(10-24-8-7-23-13-24)25-11-14-1-6-18(21)19(22)9-14/h1-9,13,17H,10-12H2. The van der Waals surface area contributed by atoms with Crippen LogP contribution in [0.4, 0.5) is 0 Å². The number of hydrogen-bond acceptors (Lipinski definition) is 3. The van der Waals surface area contributed by atoms with Gasteiger partial charge in [0.15, 0.2) is 0 Å². The molecule has 0 saturated carbocycles. The van der Waals surface area contributed by atoms with Crippen molar-refractivity contribution in [1.82, 2.24) is 9.55 Å². The maximum absolute atomic E-state index is 6.06. The molecule has 0 radical (unpaired) electrons. The molecule has 1 atom stereocenters. The predicted octanol–water partition coefficient (Wildman–Crippen LogP) is 5.51. The van der Waals surface area contributed by atoms with Crippen LogP contribution in [0.1, 0.15) is 5.56 Å². The number of ether oxygens (including phenoxy) is 2. The summed E-state index contributed by atoms with van der Waals surface area (Å²) in [5.74, 6) is 0.739. The molecule has 4 nitrogen and oxygen atoms in total. The minimum atomic E-state index is -0.172. The lowest BCUT2D eigenvalue weighted by molar-refractivity contribution is -0.000547. The average Bonchev–Trinajstić information content (AvgIpc) is 3.14. The van der Waals surface area contributed by atoms with Crippen LogP contribution in [-0.4, -0.2) is 22.3 Å². The van der Waals surface area contributed by atoms with Crippen molar-refractivity contribution in [1.29, 1.82) is 0 Å². The second-order valence-corrected chi connectivity index (χ2v) is 6.96. The maximum atomic E-state index is 6.06. The molecule has 0 saturated heterocycles. The predicted molar refractivity (Wildman–Crippen MR) is 104 cm³/mol. The lowest BCUT2D eigenvalue weighted by atomic mass is 10.2. The van der Waals surface area contributed by atoms with Crippen LogP contribution >= 0.6 is 34.8 Å². The van der Waals surface area contributed by atoms with Crippen LogP contribution in [0.15, 0.2) is 61.2 Å². The number of nitrogens with zero attached hydrogens (tertiary/aromatic N) is 2. The van der Waals surface area contributed by atoms with E-state index in [2.05, 4.69) is 4.98 Å². The largest absolute Gasteiger partial charge is 0.491 e. The van der Waals surface area contributed by atoms with E-state index in [1.54, 1.807) is 36.8 Å². The molecule has 0 aliphatic rings. The fourth-order valence-electron chi connectivity index (χ4n) is 2.35. The van der Waals surface area contributed by atoms with Crippen molar-refractivity contribution in [3.63, 3.8) is 0 Å². The third-order valence-electron chi connectivity index (χ3n) is 3.69. The Morgan fingerprint density at radius 1 is 1.00 bits per heavy atom. The molecule has 0 amide bonds. The van der Waals surface area contributed by atoms with E-state index < -0.39 is 0 Å². The summed E-state index contributed by atoms with van der Waals surface area (Å²) in [7, 11) is 0. The topological polar surface area (TPSA) is 36.3 Å². The Bertz CT molecular complexity index is 823. The Morgan fingerprint density at radius 2 is 1.81 bits per heavy atom. The highest BCUT2D eigenvalue weighted by Crippen LogP contribution is 2.23. The molecular weight excluding hydrogens is 395 g/mol. The van der Waals surface area contributed by atoms with E-state index in [-0.39, 0.29) is 6.10 Å². The van der Waals surface area contributed by atoms with Gasteiger partial charge in [-0.15, -0.1) is 0 Å². The summed E-state index contributed by atoms with van der Waals surface area (Å²) in [6.07, 6.45) is 5.19. The summed E-state index contributed by atoms with van der Waals surface area (Å²) in [5.41, 5.74) is 0.946. The van der Waals surface area contributed by atoms with Gasteiger partial charge in [0, 0.05) is 17.4 Å². The average molecular weight is 412 g/mol. The van der Waals surface area contributed by atoms with E-state index in [0.29, 0.717) is 34.8 Å². The molecule has 1 aromatic heterocycles. The number of imidazole rings is 1. The Kier molecular flexibility index (Phi) is 6.80. The van der Waals surface area contributed by atoms with E-state index in [1.807, 2.05) is 29.0 Å². The van der Waals surface area contributed by atoms with E-state index >= 15 is 0 Å². The van der Waals surface area contributed by atoms with E-state index in [4.69, 9.17) is 44.3 Å². The Balaban J connectivity index is 1.62. The molecule has 0 fully saturated rings. The van der Waals surface area contributed by atoms with Gasteiger partial charge in [0.05, 0.1) is 29.5 Å². The molecule has 0 spiro atoms. The number of halogens is 3. The molecule has 0 N–H and O–H groups in total. The van der Waals surface area contributed by atoms with Crippen molar-refractivity contribution in [2.45, 2.75) is 19.3 Å². The Labute approximate surface area is 167 Å². The van der Waals surface area contributed by atoms with Crippen molar-refractivity contribution in [2.24, 2.45) is 0 Å². The Morgan fingerprint density at radius 3 is 2.50 bits per heavy atom. The monoisotopic (exact) mass is 410 g/mol. The summed E-state index contributed by atoms with van der Waals surface area (Å²) in [6, 6.07) is 12.7. The molecule has 3 rings (SSSR count). The van der Waals surface area contributed by atoms with Gasteiger partial charge in [-0.3, -0.25) is 0 Å². The quantitative estimate of drug-likeness (QED) is 0.490. The van der Waals surface area contributed by atoms with Gasteiger partial charge in [0.25, 0.3) is 0 Å². The van der Waals surface area contributed by atoms with Gasteiger partial charge < -0.3 is 14.0 Å². The lowest BCUT2D eigenvalue weighted by Gasteiger charge is -2.19. The van der Waals surface area contributed by atoms with Crippen molar-refractivity contribution in [3.05, 3.63) is 81.8 Å². The zero-order valence-corrected chi connectivity index (χ0v) is 16.1. The van der Waals surface area contributed by atoms with Crippen molar-refractivity contribution < 1.29 is 9.47 Å². The molecule has 1 unspecified atom stereocenters. The molecule has 26 heavy (non-hydrogen) atoms. The summed E-state index contributed by atoms with van der Waals surface area (Å²) in [5, 5.41) is 1.70. The fraction of sp³-hybridized carbons (Fsp3) is 0.211. The number of aromatic nitrogens is 2. The van der Waals surface area contributed by atoms with Crippen LogP contribution < -0.4 is 4.74 Å². The van der Waals surface area contributed by atoms with Crippen LogP contribution in [0.2, 0.25) is 15.1 Å². The first-order valence-corrected chi connectivity index (χ1v) is 9.13. The van der Waals surface area contributed by atoms with Gasteiger partial charge in [-0.2, -0.15) is 0 Å². The summed E-state index contributed by atoms with van der Waals surface area (Å²) in [6.45, 7) is 1.41. The van der Waals surface area contributed by atoms with Crippen molar-refractivity contribution in [2.75, 3.05) is 6.61 Å². The number of rotatable bonds is 8. The molecule has 0 aliphatic carbocycles. The normalized spacial score (nSPS) is 12.1. The smallest absolute Gasteiger partial charge is 0.119 e. The third-order valence-corrected chi connectivity index (χ3v) is 4.68. The second-order valence-electron chi connectivity index (χ2n) is 5.71. The van der Waals surface area contributed by atoms with Gasteiger partial charge >= 0.3 is 0 Å². The van der Waals surface area contributed by atoms with Gasteiger partial charge in [-0.1, -0.05) is 40.9 Å². The van der Waals surface area contributed by atoms with Gasteiger partial charge in [0.1, 0.15) is 18.5 Å². The SMILES string of the molecule is Clc1ccc(OCC(Cn2ccnc2)OCc2ccc(Cl)c(Cl)c2)cc1. The fourth-order valence-corrected chi connectivity index (χ4v) is 2.79. The molecule has 1 heterocycles. The summed E-state index contributed by atoms with van der Waals surface area (Å²) >= 11 is 17.9. The molecule has 2 aromatic carbocycles. The molecule has 3 aromatic rings. The zero-order chi connectivity index (χ0) is 18.4. The first-order chi connectivity index (χ1) is 12.6. The summed E-state index contributed by atoms with van der Waals surface area (Å²) < 4.78 is 13.8. The van der Waals surface area contributed by atoms with Gasteiger partial charge in [-0.05, 0) is 42.0 Å². The maximum Gasteiger partial charge on any atom is 0.119 e. The van der Waals surface area contributed by atoms with Gasteiger partial charge in [-0.25, -0.2) is 4.98 Å². The highest BCUT2D eigenvalue weighted by molar-refractivity contribution is 6.42. The number of benzene rings is 2. The Hall–Kier alpha value is -1.72. The van der Waals surface area contributed by atoms with E-state index in [1.165, 1.54) is 0 Å². The van der Waals surface area contributed by atoms with Crippen LogP contribution in [0.5, 0.6) is 5.75 Å². The van der Waals surface area contributed by atoms with Crippen LogP contribution in [0.3, 0.4) is 0 Å². The minimum absolute atomic E-state index is 0.172. The molecule has 136 valence electrons. The highest BCUT2D eigenvalue weighted by atomic mass is 35.5. The van der Waals surface area contributed by atoms with Crippen LogP contribution in [-0.2, 0) is 17.9 Å². The van der Waals surface area contributed by atoms with Gasteiger partial charge in [0.2, 0.25) is 0 Å². The van der Waals surface area contributed by atoms with Crippen molar-refractivity contribution >= 4 is 34.8 Å². The van der Waals surface area contributed by atoms with E-state index in [9.17, 15) is 0 Å². The first kappa shape index (κ1) is 19.1.